The number of nitrogens with zero attached hydrogens (tertiary/aromatic N) is 3. The fraction of sp³-hybridized carbons (Fsp3) is 0.350. The van der Waals surface area contributed by atoms with E-state index in [0.29, 0.717) is 29.4 Å². The lowest BCUT2D eigenvalue weighted by molar-refractivity contribution is -0.123. The number of nitroso groups, excluding NO2 is 1. The van der Waals surface area contributed by atoms with Crippen molar-refractivity contribution in [1.82, 2.24) is 10.2 Å². The Bertz CT molecular complexity index is 748. The minimum Gasteiger partial charge on any atom is -0.497 e. The Morgan fingerprint density at radius 3 is 2.07 bits per heavy atom. The van der Waals surface area contributed by atoms with Gasteiger partial charge in [-0.15, -0.1) is 4.91 Å². The number of carbonyl (C=O) groups is 1. The number of anilines is 2. The molecule has 0 heterocycles. The SMILES string of the molecule is COc1ccc(N(N=O)c2ccc(OCC(=O)NCCCN(C)C)cc2)cc1. The molecule has 8 nitrogen and oxygen atoms in total. The zero-order valence-electron chi connectivity index (χ0n) is 16.4. The van der Waals surface area contributed by atoms with Crippen molar-refractivity contribution in [3.63, 3.8) is 0 Å². The normalized spacial score (nSPS) is 10.4. The third-order valence-corrected chi connectivity index (χ3v) is 3.95. The molecule has 0 saturated heterocycles. The maximum Gasteiger partial charge on any atom is 0.257 e. The predicted octanol–water partition coefficient (Wildman–Crippen LogP) is 2.96. The van der Waals surface area contributed by atoms with E-state index in [2.05, 4.69) is 15.5 Å². The Morgan fingerprint density at radius 2 is 1.57 bits per heavy atom. The molecule has 0 radical (unpaired) electrons. The highest BCUT2D eigenvalue weighted by Crippen LogP contribution is 2.28. The van der Waals surface area contributed by atoms with Crippen LogP contribution < -0.4 is 19.8 Å². The van der Waals surface area contributed by atoms with Crippen LogP contribution in [0.5, 0.6) is 11.5 Å². The third-order valence-electron chi connectivity index (χ3n) is 3.95. The van der Waals surface area contributed by atoms with Gasteiger partial charge in [-0.2, -0.15) is 5.01 Å². The van der Waals surface area contributed by atoms with Gasteiger partial charge >= 0.3 is 0 Å². The summed E-state index contributed by atoms with van der Waals surface area (Å²) < 4.78 is 10.6. The molecule has 0 spiro atoms. The number of hydrogen-bond acceptors (Lipinski definition) is 6. The maximum atomic E-state index is 11.8. The molecule has 0 atom stereocenters. The van der Waals surface area contributed by atoms with Gasteiger partial charge in [0.2, 0.25) is 0 Å². The second-order valence-electron chi connectivity index (χ2n) is 6.38. The van der Waals surface area contributed by atoms with Crippen LogP contribution in [0.15, 0.2) is 53.8 Å². The van der Waals surface area contributed by atoms with E-state index < -0.39 is 0 Å². The number of hydrogen-bond donors (Lipinski definition) is 1. The van der Waals surface area contributed by atoms with Gasteiger partial charge in [-0.1, -0.05) is 0 Å². The molecule has 0 aliphatic carbocycles. The average Bonchev–Trinajstić information content (AvgIpc) is 2.71. The first-order valence-electron chi connectivity index (χ1n) is 8.95. The summed E-state index contributed by atoms with van der Waals surface area (Å²) in [6, 6.07) is 13.8. The summed E-state index contributed by atoms with van der Waals surface area (Å²) >= 11 is 0. The molecule has 28 heavy (non-hydrogen) atoms. The lowest BCUT2D eigenvalue weighted by Crippen LogP contribution is -2.31. The van der Waals surface area contributed by atoms with Gasteiger partial charge in [-0.05, 0) is 75.6 Å². The first-order valence-corrected chi connectivity index (χ1v) is 8.95. The molecule has 0 bridgehead atoms. The summed E-state index contributed by atoms with van der Waals surface area (Å²) in [7, 11) is 5.56. The largest absolute Gasteiger partial charge is 0.497 e. The highest BCUT2D eigenvalue weighted by Gasteiger charge is 2.10. The number of methoxy groups -OCH3 is 1. The molecule has 1 amide bonds. The predicted molar refractivity (Wildman–Crippen MR) is 109 cm³/mol. The summed E-state index contributed by atoms with van der Waals surface area (Å²) in [6.07, 6.45) is 0.882. The second-order valence-corrected chi connectivity index (χ2v) is 6.38. The summed E-state index contributed by atoms with van der Waals surface area (Å²) in [5, 5.41) is 7.15. The van der Waals surface area contributed by atoms with Gasteiger partial charge in [0.1, 0.15) is 11.5 Å². The van der Waals surface area contributed by atoms with Crippen molar-refractivity contribution in [2.24, 2.45) is 5.29 Å². The van der Waals surface area contributed by atoms with Crippen LogP contribution in [0.25, 0.3) is 0 Å². The van der Waals surface area contributed by atoms with E-state index in [1.54, 1.807) is 55.6 Å². The minimum atomic E-state index is -0.169. The number of nitrogens with one attached hydrogen (secondary N) is 1. The van der Waals surface area contributed by atoms with Gasteiger partial charge in [0, 0.05) is 6.54 Å². The van der Waals surface area contributed by atoms with E-state index in [9.17, 15) is 9.70 Å². The molecule has 0 fully saturated rings. The Kier molecular flexibility index (Phi) is 8.23. The quantitative estimate of drug-likeness (QED) is 0.363. The van der Waals surface area contributed by atoms with Crippen LogP contribution in [0.3, 0.4) is 0 Å². The van der Waals surface area contributed by atoms with Crippen molar-refractivity contribution in [3.8, 4) is 11.5 Å². The Morgan fingerprint density at radius 1 is 1.00 bits per heavy atom. The molecule has 2 aromatic rings. The molecule has 0 unspecified atom stereocenters. The van der Waals surface area contributed by atoms with Crippen LogP contribution in [0, 0.1) is 4.91 Å². The van der Waals surface area contributed by atoms with E-state index in [1.165, 1.54) is 5.01 Å². The van der Waals surface area contributed by atoms with E-state index >= 15 is 0 Å². The number of ether oxygens (including phenoxy) is 2. The van der Waals surface area contributed by atoms with Crippen molar-refractivity contribution >= 4 is 17.3 Å². The lowest BCUT2D eigenvalue weighted by Gasteiger charge is -2.16. The van der Waals surface area contributed by atoms with Crippen molar-refractivity contribution < 1.29 is 14.3 Å². The summed E-state index contributed by atoms with van der Waals surface area (Å²) in [6.45, 7) is 1.47. The number of carbonyl (C=O) groups excluding carboxylic acids is 1. The average molecular weight is 386 g/mol. The first-order chi connectivity index (χ1) is 13.5. The fourth-order valence-corrected chi connectivity index (χ4v) is 2.47. The van der Waals surface area contributed by atoms with E-state index in [0.717, 1.165) is 13.0 Å². The van der Waals surface area contributed by atoms with Gasteiger partial charge in [0.05, 0.1) is 23.8 Å². The zero-order chi connectivity index (χ0) is 20.4. The molecular formula is C20H26N4O4. The van der Waals surface area contributed by atoms with Crippen LogP contribution in [-0.4, -0.2) is 51.7 Å². The molecule has 0 aliphatic heterocycles. The highest BCUT2D eigenvalue weighted by atomic mass is 16.5. The van der Waals surface area contributed by atoms with Crippen molar-refractivity contribution in [3.05, 3.63) is 53.4 Å². The third kappa shape index (κ3) is 6.55. The monoisotopic (exact) mass is 386 g/mol. The lowest BCUT2D eigenvalue weighted by atomic mass is 10.2. The molecule has 0 aromatic heterocycles. The maximum absolute atomic E-state index is 11.8. The van der Waals surface area contributed by atoms with E-state index in [-0.39, 0.29) is 12.5 Å². The minimum absolute atomic E-state index is 0.0601. The fourth-order valence-electron chi connectivity index (χ4n) is 2.47. The molecule has 2 aromatic carbocycles. The first kappa shape index (κ1) is 21.2. The molecule has 150 valence electrons. The molecule has 2 rings (SSSR count). The van der Waals surface area contributed by atoms with E-state index in [4.69, 9.17) is 9.47 Å². The molecule has 0 aliphatic rings. The van der Waals surface area contributed by atoms with Crippen LogP contribution >= 0.6 is 0 Å². The highest BCUT2D eigenvalue weighted by molar-refractivity contribution is 5.77. The van der Waals surface area contributed by atoms with Crippen LogP contribution in [0.4, 0.5) is 11.4 Å². The van der Waals surface area contributed by atoms with Crippen LogP contribution in [0.1, 0.15) is 6.42 Å². The van der Waals surface area contributed by atoms with Crippen molar-refractivity contribution in [1.29, 1.82) is 0 Å². The Balaban J connectivity index is 1.87. The summed E-state index contributed by atoms with van der Waals surface area (Å²) in [4.78, 5) is 25.1. The molecular weight excluding hydrogens is 360 g/mol. The van der Waals surface area contributed by atoms with E-state index in [1.807, 2.05) is 14.1 Å². The van der Waals surface area contributed by atoms with Crippen molar-refractivity contribution in [2.75, 3.05) is 45.9 Å². The van der Waals surface area contributed by atoms with Gasteiger partial charge in [0.25, 0.3) is 5.91 Å². The summed E-state index contributed by atoms with van der Waals surface area (Å²) in [5.41, 5.74) is 1.20. The van der Waals surface area contributed by atoms with Gasteiger partial charge in [0.15, 0.2) is 6.61 Å². The molecule has 8 heteroatoms. The van der Waals surface area contributed by atoms with Gasteiger partial charge < -0.3 is 19.7 Å². The number of rotatable bonds is 11. The zero-order valence-corrected chi connectivity index (χ0v) is 16.4. The number of amides is 1. The Hall–Kier alpha value is -3.13. The summed E-state index contributed by atoms with van der Waals surface area (Å²) in [5.74, 6) is 1.06. The van der Waals surface area contributed by atoms with Crippen LogP contribution in [0.2, 0.25) is 0 Å². The number of benzene rings is 2. The van der Waals surface area contributed by atoms with Crippen LogP contribution in [-0.2, 0) is 4.79 Å². The standard InChI is InChI=1S/C20H26N4O4/c1-23(2)14-4-13-21-20(25)15-28-19-11-7-17(8-12-19)24(22-26)16-5-9-18(27-3)10-6-16/h5-12H,4,13-15H2,1-3H3,(H,21,25). The van der Waals surface area contributed by atoms with Gasteiger partial charge in [-0.3, -0.25) is 4.79 Å². The smallest absolute Gasteiger partial charge is 0.257 e. The topological polar surface area (TPSA) is 83.5 Å². The second kappa shape index (κ2) is 10.9. The Labute approximate surface area is 165 Å². The van der Waals surface area contributed by atoms with Gasteiger partial charge in [-0.25, -0.2) is 0 Å². The molecule has 0 saturated carbocycles. The van der Waals surface area contributed by atoms with Crippen molar-refractivity contribution in [2.45, 2.75) is 6.42 Å². The molecule has 1 N–H and O–H groups in total.